The van der Waals surface area contributed by atoms with Crippen molar-refractivity contribution >= 4 is 18.3 Å². The maximum atomic E-state index is 5.43. The quantitative estimate of drug-likeness (QED) is 0.400. The Morgan fingerprint density at radius 2 is 2.12 bits per heavy atom. The van der Waals surface area contributed by atoms with E-state index in [1.165, 1.54) is 0 Å². The standard InChI is InChI=1S/C6H7NS/c7-5-2-1-3-6(8)4-5/h1-4,8H,7H2/p+1. The maximum absolute atomic E-state index is 5.43. The Balaban J connectivity index is 3.08. The predicted octanol–water partition coefficient (Wildman–Crippen LogP) is 0.639. The lowest BCUT2D eigenvalue weighted by Gasteiger charge is -1.86. The lowest BCUT2D eigenvalue weighted by atomic mass is 10.3. The van der Waals surface area contributed by atoms with Crippen molar-refractivity contribution in [2.75, 3.05) is 5.73 Å². The van der Waals surface area contributed by atoms with Gasteiger partial charge in [0, 0.05) is 11.8 Å². The number of benzene rings is 1. The van der Waals surface area contributed by atoms with Gasteiger partial charge in [0.1, 0.15) is 0 Å². The van der Waals surface area contributed by atoms with E-state index < -0.39 is 0 Å². The molecule has 0 saturated carbocycles. The highest BCUT2D eigenvalue weighted by Gasteiger charge is 1.87. The van der Waals surface area contributed by atoms with Gasteiger partial charge in [-0.15, -0.1) is 0 Å². The minimum atomic E-state index is 0.789. The van der Waals surface area contributed by atoms with Crippen molar-refractivity contribution in [1.82, 2.24) is 0 Å². The van der Waals surface area contributed by atoms with Gasteiger partial charge in [-0.25, -0.2) is 0 Å². The minimum absolute atomic E-state index is 0.789. The van der Waals surface area contributed by atoms with Gasteiger partial charge < -0.3 is 5.73 Å². The molecule has 2 heteroatoms. The summed E-state index contributed by atoms with van der Waals surface area (Å²) in [6, 6.07) is 7.55. The second-order valence-electron chi connectivity index (χ2n) is 1.63. The summed E-state index contributed by atoms with van der Waals surface area (Å²) >= 11 is 3.33. The van der Waals surface area contributed by atoms with E-state index in [-0.39, 0.29) is 0 Å². The molecule has 0 fully saturated rings. The molecule has 0 aliphatic rings. The van der Waals surface area contributed by atoms with Crippen LogP contribution in [0.5, 0.6) is 0 Å². The Bertz CT molecular complexity index is 168. The fourth-order valence-electron chi connectivity index (χ4n) is 0.539. The first-order chi connectivity index (χ1) is 3.79. The number of hydrogen-bond donors (Lipinski definition) is 1. The predicted molar refractivity (Wildman–Crippen MR) is 39.3 cm³/mol. The minimum Gasteiger partial charge on any atom is -0.399 e. The molecule has 0 atom stereocenters. The lowest BCUT2D eigenvalue weighted by Crippen LogP contribution is -1.82. The molecule has 42 valence electrons. The van der Waals surface area contributed by atoms with Gasteiger partial charge in [-0.1, -0.05) is 6.07 Å². The maximum Gasteiger partial charge on any atom is 0.152 e. The highest BCUT2D eigenvalue weighted by Crippen LogP contribution is 2.03. The molecule has 0 aliphatic carbocycles. The SMILES string of the molecule is Nc1cccc([SH2+])c1. The van der Waals surface area contributed by atoms with Gasteiger partial charge in [-0.05, 0) is 24.8 Å². The largest absolute Gasteiger partial charge is 0.399 e. The van der Waals surface area contributed by atoms with Crippen LogP contribution in [-0.4, -0.2) is 0 Å². The number of rotatable bonds is 0. The summed E-state index contributed by atoms with van der Waals surface area (Å²) in [5, 5.41) is 0. The Morgan fingerprint density at radius 3 is 2.50 bits per heavy atom. The first kappa shape index (κ1) is 5.51. The topological polar surface area (TPSA) is 26.0 Å². The zero-order chi connectivity index (χ0) is 5.98. The van der Waals surface area contributed by atoms with Gasteiger partial charge in [0.25, 0.3) is 0 Å². The van der Waals surface area contributed by atoms with Crippen molar-refractivity contribution in [3.8, 4) is 0 Å². The van der Waals surface area contributed by atoms with E-state index >= 15 is 0 Å². The van der Waals surface area contributed by atoms with Gasteiger partial charge in [-0.3, -0.25) is 0 Å². The summed E-state index contributed by atoms with van der Waals surface area (Å²) in [6.07, 6.45) is 0. The third-order valence-electron chi connectivity index (χ3n) is 0.887. The lowest BCUT2D eigenvalue weighted by molar-refractivity contribution is 1.48. The van der Waals surface area contributed by atoms with Gasteiger partial charge in [0.15, 0.2) is 4.90 Å². The summed E-state index contributed by atoms with van der Waals surface area (Å²) in [5.74, 6) is 0. The summed E-state index contributed by atoms with van der Waals surface area (Å²) in [4.78, 5) is 1.02. The molecule has 0 spiro atoms. The van der Waals surface area contributed by atoms with Crippen LogP contribution in [0.15, 0.2) is 29.2 Å². The molecule has 0 unspecified atom stereocenters. The van der Waals surface area contributed by atoms with E-state index in [9.17, 15) is 0 Å². The molecule has 8 heavy (non-hydrogen) atoms. The van der Waals surface area contributed by atoms with Crippen molar-refractivity contribution < 1.29 is 0 Å². The highest BCUT2D eigenvalue weighted by molar-refractivity contribution is 7.58. The van der Waals surface area contributed by atoms with Crippen LogP contribution < -0.4 is 5.73 Å². The fraction of sp³-hybridized carbons (Fsp3) is 0. The number of nitrogen functional groups attached to an aromatic ring is 1. The Hall–Kier alpha value is -0.630. The van der Waals surface area contributed by atoms with Gasteiger partial charge in [0.2, 0.25) is 0 Å². The zero-order valence-electron chi connectivity index (χ0n) is 4.39. The van der Waals surface area contributed by atoms with Crippen molar-refractivity contribution in [2.24, 2.45) is 0 Å². The van der Waals surface area contributed by atoms with E-state index in [0.717, 1.165) is 10.6 Å². The van der Waals surface area contributed by atoms with E-state index in [0.29, 0.717) is 0 Å². The van der Waals surface area contributed by atoms with Gasteiger partial charge in [-0.2, -0.15) is 0 Å². The Kier molecular flexibility index (Phi) is 1.44. The molecule has 0 saturated heterocycles. The first-order valence-corrected chi connectivity index (χ1v) is 2.86. The summed E-state index contributed by atoms with van der Waals surface area (Å²) in [5.41, 5.74) is 6.22. The monoisotopic (exact) mass is 126 g/mol. The summed E-state index contributed by atoms with van der Waals surface area (Å²) in [7, 11) is 0. The Labute approximate surface area is 53.9 Å². The van der Waals surface area contributed by atoms with Crippen molar-refractivity contribution in [2.45, 2.75) is 4.90 Å². The molecule has 0 bridgehead atoms. The van der Waals surface area contributed by atoms with E-state index in [2.05, 4.69) is 12.6 Å². The number of nitrogens with two attached hydrogens (primary N) is 1. The van der Waals surface area contributed by atoms with Gasteiger partial charge >= 0.3 is 0 Å². The van der Waals surface area contributed by atoms with Crippen molar-refractivity contribution in [3.05, 3.63) is 24.3 Å². The molecule has 1 rings (SSSR count). The normalized spacial score (nSPS) is 9.12. The first-order valence-electron chi connectivity index (χ1n) is 2.36. The molecule has 1 aromatic carbocycles. The van der Waals surface area contributed by atoms with Crippen LogP contribution in [0.3, 0.4) is 0 Å². The molecular formula is C6H8NS+. The van der Waals surface area contributed by atoms with E-state index in [1.807, 2.05) is 24.3 Å². The molecule has 0 radical (unpaired) electrons. The molecule has 1 nitrogen and oxygen atoms in total. The van der Waals surface area contributed by atoms with E-state index in [4.69, 9.17) is 5.73 Å². The summed E-state index contributed by atoms with van der Waals surface area (Å²) < 4.78 is 0. The van der Waals surface area contributed by atoms with Crippen LogP contribution in [0.25, 0.3) is 0 Å². The van der Waals surface area contributed by atoms with Crippen LogP contribution in [0, 0.1) is 0 Å². The zero-order valence-corrected chi connectivity index (χ0v) is 5.39. The number of hydrogen-bond acceptors (Lipinski definition) is 1. The van der Waals surface area contributed by atoms with Crippen LogP contribution in [0.2, 0.25) is 0 Å². The highest BCUT2D eigenvalue weighted by atomic mass is 32.1. The van der Waals surface area contributed by atoms with Gasteiger partial charge in [0.05, 0.1) is 0 Å². The van der Waals surface area contributed by atoms with Crippen molar-refractivity contribution in [1.29, 1.82) is 0 Å². The second-order valence-corrected chi connectivity index (χ2v) is 2.20. The smallest absolute Gasteiger partial charge is 0.152 e. The molecule has 2 N–H and O–H groups in total. The molecule has 0 amide bonds. The molecule has 0 aliphatic heterocycles. The third kappa shape index (κ3) is 1.17. The molecule has 0 heterocycles. The van der Waals surface area contributed by atoms with Crippen LogP contribution >= 0.6 is 0 Å². The Morgan fingerprint density at radius 1 is 1.38 bits per heavy atom. The molecule has 0 aromatic heterocycles. The van der Waals surface area contributed by atoms with Crippen LogP contribution in [0.1, 0.15) is 0 Å². The molecular weight excluding hydrogens is 118 g/mol. The van der Waals surface area contributed by atoms with Crippen molar-refractivity contribution in [3.63, 3.8) is 0 Å². The summed E-state index contributed by atoms with van der Waals surface area (Å²) in [6.45, 7) is 0. The van der Waals surface area contributed by atoms with Crippen LogP contribution in [0.4, 0.5) is 5.69 Å². The fourth-order valence-corrected chi connectivity index (χ4v) is 0.802. The average molecular weight is 126 g/mol. The third-order valence-corrected chi connectivity index (χ3v) is 1.20. The molecule has 1 aromatic rings. The van der Waals surface area contributed by atoms with E-state index in [1.54, 1.807) is 0 Å². The second kappa shape index (κ2) is 2.09. The number of anilines is 1. The van der Waals surface area contributed by atoms with Crippen LogP contribution in [-0.2, 0) is 12.6 Å². The average Bonchev–Trinajstić information content (AvgIpc) is 1.64.